The molecule has 0 heterocycles. The Morgan fingerprint density at radius 1 is 0.971 bits per heavy atom. The van der Waals surface area contributed by atoms with Gasteiger partial charge in [-0.3, -0.25) is 0 Å². The van der Waals surface area contributed by atoms with Crippen LogP contribution in [0.1, 0.15) is 117 Å². The van der Waals surface area contributed by atoms with Crippen LogP contribution in [0.5, 0.6) is 0 Å². The zero-order chi connectivity index (χ0) is 24.4. The second-order valence-corrected chi connectivity index (χ2v) is 11.5. The molecule has 3 rings (SSSR count). The van der Waals surface area contributed by atoms with Gasteiger partial charge in [0.2, 0.25) is 0 Å². The van der Waals surface area contributed by atoms with Crippen LogP contribution >= 0.6 is 0 Å². The Balaban J connectivity index is 1.36. The van der Waals surface area contributed by atoms with Gasteiger partial charge in [0, 0.05) is 6.61 Å². The Kier molecular flexibility index (Phi) is 10.9. The van der Waals surface area contributed by atoms with Gasteiger partial charge in [-0.05, 0) is 108 Å². The van der Waals surface area contributed by atoms with Crippen LogP contribution in [0.2, 0.25) is 0 Å². The van der Waals surface area contributed by atoms with E-state index in [0.29, 0.717) is 30.8 Å². The number of hydrogen-bond acceptors (Lipinski definition) is 4. The average molecular weight is 475 g/mol. The number of aliphatic hydroxyl groups is 3. The molecule has 2 atom stereocenters. The number of allylic oxidation sites excluding steroid dienone is 4. The van der Waals surface area contributed by atoms with E-state index < -0.39 is 5.60 Å². The molecular weight excluding hydrogens is 424 g/mol. The minimum absolute atomic E-state index is 0.389. The number of rotatable bonds is 10. The highest BCUT2D eigenvalue weighted by Gasteiger charge is 2.37. The fourth-order valence-corrected chi connectivity index (χ4v) is 6.24. The second kappa shape index (κ2) is 13.4. The first-order valence-electron chi connectivity index (χ1n) is 14.1. The zero-order valence-electron chi connectivity index (χ0n) is 21.8. The quantitative estimate of drug-likeness (QED) is 0.248. The van der Waals surface area contributed by atoms with Crippen molar-refractivity contribution in [1.82, 2.24) is 0 Å². The molecule has 3 fully saturated rings. The Morgan fingerprint density at radius 2 is 1.65 bits per heavy atom. The molecule has 0 aromatic heterocycles. The molecule has 1 spiro atoms. The molecule has 4 heteroatoms. The van der Waals surface area contributed by atoms with Crippen LogP contribution in [0, 0.1) is 5.41 Å². The first-order valence-corrected chi connectivity index (χ1v) is 14.1. The Labute approximate surface area is 208 Å². The van der Waals surface area contributed by atoms with Crippen molar-refractivity contribution in [2.45, 2.75) is 140 Å². The molecule has 3 aliphatic carbocycles. The van der Waals surface area contributed by atoms with Crippen LogP contribution in [-0.2, 0) is 4.74 Å². The number of hydrogen-bond donors (Lipinski definition) is 3. The van der Waals surface area contributed by atoms with Gasteiger partial charge in [0.25, 0.3) is 0 Å². The molecule has 0 unspecified atom stereocenters. The van der Waals surface area contributed by atoms with Gasteiger partial charge in [-0.15, -0.1) is 0 Å². The number of unbranched alkanes of at least 4 members (excludes halogenated alkanes) is 1. The summed E-state index contributed by atoms with van der Waals surface area (Å²) in [5, 5.41) is 30.2. The molecule has 0 aliphatic heterocycles. The van der Waals surface area contributed by atoms with Crippen LogP contribution in [0.3, 0.4) is 0 Å². The number of ether oxygens (including phenoxy) is 1. The molecular formula is C30H50O4. The summed E-state index contributed by atoms with van der Waals surface area (Å²) < 4.78 is 6.23. The molecule has 0 radical (unpaired) electrons. The summed E-state index contributed by atoms with van der Waals surface area (Å²) >= 11 is 0. The van der Waals surface area contributed by atoms with Crippen molar-refractivity contribution in [3.63, 3.8) is 0 Å². The third-order valence-electron chi connectivity index (χ3n) is 8.74. The molecule has 34 heavy (non-hydrogen) atoms. The van der Waals surface area contributed by atoms with Gasteiger partial charge >= 0.3 is 0 Å². The Morgan fingerprint density at radius 3 is 2.32 bits per heavy atom. The standard InChI is InChI=1S/C30H50O4/c1-3-30(33,4-2)16-7-5-6-8-19-34-28-13-17-29(18-14-28)15-9-10-24(23-29)11-12-25-20-26(31)22-27(32)21-25/h5,7,11-12,26-28,31-33H,3-4,6,8-10,13-23H2,1-2H3/b7-5+,24-11+,25-12?/t26-,27+,28?,29?. The first-order chi connectivity index (χ1) is 16.4. The predicted octanol–water partition coefficient (Wildman–Crippen LogP) is 6.54. The summed E-state index contributed by atoms with van der Waals surface area (Å²) in [6.45, 7) is 4.94. The topological polar surface area (TPSA) is 69.9 Å². The largest absolute Gasteiger partial charge is 0.393 e. The fourth-order valence-electron chi connectivity index (χ4n) is 6.24. The van der Waals surface area contributed by atoms with E-state index in [1.807, 2.05) is 0 Å². The Bertz CT molecular complexity index is 683. The summed E-state index contributed by atoms with van der Waals surface area (Å²) in [5.41, 5.74) is 2.68. The molecule has 3 saturated carbocycles. The lowest BCUT2D eigenvalue weighted by atomic mass is 9.63. The van der Waals surface area contributed by atoms with Crippen LogP contribution in [0.25, 0.3) is 0 Å². The van der Waals surface area contributed by atoms with E-state index in [0.717, 1.165) is 38.7 Å². The number of aliphatic hydroxyl groups excluding tert-OH is 2. The normalized spacial score (nSPS) is 33.4. The third kappa shape index (κ3) is 8.62. The predicted molar refractivity (Wildman–Crippen MR) is 140 cm³/mol. The molecule has 0 amide bonds. The van der Waals surface area contributed by atoms with E-state index in [4.69, 9.17) is 4.74 Å². The van der Waals surface area contributed by atoms with Gasteiger partial charge in [0.05, 0.1) is 23.9 Å². The molecule has 194 valence electrons. The molecule has 0 aromatic carbocycles. The van der Waals surface area contributed by atoms with E-state index in [-0.39, 0.29) is 12.2 Å². The maximum Gasteiger partial charge on any atom is 0.0676 e. The Hall–Kier alpha value is -0.940. The zero-order valence-corrected chi connectivity index (χ0v) is 21.8. The highest BCUT2D eigenvalue weighted by Crippen LogP contribution is 2.49. The maximum atomic E-state index is 10.3. The lowest BCUT2D eigenvalue weighted by Crippen LogP contribution is -2.33. The summed E-state index contributed by atoms with van der Waals surface area (Å²) in [4.78, 5) is 0. The van der Waals surface area contributed by atoms with Crippen molar-refractivity contribution in [3.05, 3.63) is 35.5 Å². The summed E-state index contributed by atoms with van der Waals surface area (Å²) in [6, 6.07) is 0. The monoisotopic (exact) mass is 474 g/mol. The van der Waals surface area contributed by atoms with Gasteiger partial charge in [0.1, 0.15) is 0 Å². The van der Waals surface area contributed by atoms with Crippen molar-refractivity contribution >= 4 is 0 Å². The fraction of sp³-hybridized carbons (Fsp3) is 0.800. The summed E-state index contributed by atoms with van der Waals surface area (Å²) in [5.74, 6) is 0. The van der Waals surface area contributed by atoms with Crippen LogP contribution in [0.4, 0.5) is 0 Å². The van der Waals surface area contributed by atoms with E-state index in [1.54, 1.807) is 5.57 Å². The van der Waals surface area contributed by atoms with Gasteiger partial charge in [-0.1, -0.05) is 49.3 Å². The maximum absolute atomic E-state index is 10.3. The lowest BCUT2D eigenvalue weighted by Gasteiger charge is -2.43. The van der Waals surface area contributed by atoms with Gasteiger partial charge in [0.15, 0.2) is 0 Å². The van der Waals surface area contributed by atoms with Crippen molar-refractivity contribution in [3.8, 4) is 0 Å². The minimum Gasteiger partial charge on any atom is -0.393 e. The second-order valence-electron chi connectivity index (χ2n) is 11.5. The van der Waals surface area contributed by atoms with Gasteiger partial charge < -0.3 is 20.1 Å². The van der Waals surface area contributed by atoms with Crippen LogP contribution < -0.4 is 0 Å². The highest BCUT2D eigenvalue weighted by atomic mass is 16.5. The van der Waals surface area contributed by atoms with Crippen molar-refractivity contribution in [2.75, 3.05) is 6.61 Å². The van der Waals surface area contributed by atoms with E-state index in [1.165, 1.54) is 56.9 Å². The van der Waals surface area contributed by atoms with Crippen molar-refractivity contribution < 1.29 is 20.1 Å². The van der Waals surface area contributed by atoms with Crippen LogP contribution in [0.15, 0.2) is 35.5 Å². The van der Waals surface area contributed by atoms with E-state index in [2.05, 4.69) is 38.2 Å². The summed E-state index contributed by atoms with van der Waals surface area (Å²) in [7, 11) is 0. The minimum atomic E-state index is -0.531. The highest BCUT2D eigenvalue weighted by molar-refractivity contribution is 5.22. The molecule has 0 saturated heterocycles. The molecule has 4 nitrogen and oxygen atoms in total. The smallest absolute Gasteiger partial charge is 0.0676 e. The molecule has 3 aliphatic rings. The van der Waals surface area contributed by atoms with E-state index in [9.17, 15) is 15.3 Å². The summed E-state index contributed by atoms with van der Waals surface area (Å²) in [6.07, 6.45) is 24.8. The van der Waals surface area contributed by atoms with Crippen LogP contribution in [-0.4, -0.2) is 45.8 Å². The van der Waals surface area contributed by atoms with Gasteiger partial charge in [-0.25, -0.2) is 0 Å². The molecule has 0 bridgehead atoms. The van der Waals surface area contributed by atoms with Gasteiger partial charge in [-0.2, -0.15) is 0 Å². The first kappa shape index (κ1) is 27.6. The third-order valence-corrected chi connectivity index (χ3v) is 8.74. The van der Waals surface area contributed by atoms with Crippen molar-refractivity contribution in [2.24, 2.45) is 5.41 Å². The van der Waals surface area contributed by atoms with Crippen molar-refractivity contribution in [1.29, 1.82) is 0 Å². The average Bonchev–Trinajstić information content (AvgIpc) is 2.83. The molecule has 0 aromatic rings. The molecule has 3 N–H and O–H groups in total. The van der Waals surface area contributed by atoms with E-state index >= 15 is 0 Å². The lowest BCUT2D eigenvalue weighted by molar-refractivity contribution is -0.00982. The SMILES string of the molecule is CCC(O)(CC)C/C=C/CCCOC1CCC2(CCC/C(=C\C=C3C[C@@H](O)C[C@@H](O)C3)C2)CC1.